The van der Waals surface area contributed by atoms with Gasteiger partial charge in [0.1, 0.15) is 0 Å². The molecule has 0 amide bonds. The number of aliphatic hydroxyl groups is 1. The molecule has 0 aliphatic heterocycles. The van der Waals surface area contributed by atoms with Gasteiger partial charge in [-0.2, -0.15) is 5.26 Å². The number of nitriles is 1. The van der Waals surface area contributed by atoms with Crippen molar-refractivity contribution >= 4 is 15.9 Å². The molecule has 0 heterocycles. The molecule has 3 heteroatoms. The van der Waals surface area contributed by atoms with E-state index in [0.29, 0.717) is 6.42 Å². The van der Waals surface area contributed by atoms with Gasteiger partial charge in [0.05, 0.1) is 18.1 Å². The standard InChI is InChI=1S/C11H12BrNO/c1-11(14,6-7-13)8-9-2-4-10(12)5-3-9/h2-5,14H,6,8H2,1H3. The van der Waals surface area contributed by atoms with Crippen molar-refractivity contribution in [3.63, 3.8) is 0 Å². The second-order valence-corrected chi connectivity index (χ2v) is 4.55. The van der Waals surface area contributed by atoms with Crippen LogP contribution in [0.1, 0.15) is 18.9 Å². The number of rotatable bonds is 3. The molecule has 0 fully saturated rings. The molecule has 1 N–H and O–H groups in total. The highest BCUT2D eigenvalue weighted by atomic mass is 79.9. The first-order chi connectivity index (χ1) is 6.53. The molecule has 0 aliphatic rings. The van der Waals surface area contributed by atoms with Crippen LogP contribution in [0, 0.1) is 11.3 Å². The minimum Gasteiger partial charge on any atom is -0.389 e. The van der Waals surface area contributed by atoms with Crippen molar-refractivity contribution in [2.75, 3.05) is 0 Å². The number of benzene rings is 1. The first-order valence-corrected chi connectivity index (χ1v) is 5.16. The molecule has 1 aromatic rings. The first kappa shape index (κ1) is 11.2. The Morgan fingerprint density at radius 1 is 1.43 bits per heavy atom. The Hall–Kier alpha value is -0.850. The fourth-order valence-corrected chi connectivity index (χ4v) is 1.54. The van der Waals surface area contributed by atoms with Crippen LogP contribution in [0.2, 0.25) is 0 Å². The third kappa shape index (κ3) is 3.49. The molecular formula is C11H12BrNO. The molecule has 1 aromatic carbocycles. The first-order valence-electron chi connectivity index (χ1n) is 4.37. The highest BCUT2D eigenvalue weighted by Gasteiger charge is 2.20. The van der Waals surface area contributed by atoms with Crippen molar-refractivity contribution in [2.24, 2.45) is 0 Å². The number of nitrogens with zero attached hydrogens (tertiary/aromatic N) is 1. The van der Waals surface area contributed by atoms with Crippen molar-refractivity contribution in [3.05, 3.63) is 34.3 Å². The topological polar surface area (TPSA) is 44.0 Å². The van der Waals surface area contributed by atoms with E-state index in [2.05, 4.69) is 15.9 Å². The van der Waals surface area contributed by atoms with Crippen LogP contribution in [0.5, 0.6) is 0 Å². The third-order valence-electron chi connectivity index (χ3n) is 1.96. The van der Waals surface area contributed by atoms with Gasteiger partial charge in [-0.3, -0.25) is 0 Å². The molecule has 1 unspecified atom stereocenters. The fraction of sp³-hybridized carbons (Fsp3) is 0.364. The van der Waals surface area contributed by atoms with Gasteiger partial charge in [0, 0.05) is 10.9 Å². The second kappa shape index (κ2) is 4.59. The predicted octanol–water partition coefficient (Wildman–Crippen LogP) is 2.66. The van der Waals surface area contributed by atoms with Gasteiger partial charge in [-0.1, -0.05) is 28.1 Å². The number of hydrogen-bond donors (Lipinski definition) is 1. The van der Waals surface area contributed by atoms with Gasteiger partial charge in [-0.15, -0.1) is 0 Å². The van der Waals surface area contributed by atoms with Crippen LogP contribution in [-0.4, -0.2) is 10.7 Å². The maximum Gasteiger partial charge on any atom is 0.0789 e. The lowest BCUT2D eigenvalue weighted by Crippen LogP contribution is -2.26. The average Bonchev–Trinajstić information content (AvgIpc) is 2.08. The van der Waals surface area contributed by atoms with E-state index in [1.54, 1.807) is 6.92 Å². The van der Waals surface area contributed by atoms with E-state index in [-0.39, 0.29) is 6.42 Å². The van der Waals surface area contributed by atoms with Gasteiger partial charge in [0.15, 0.2) is 0 Å². The summed E-state index contributed by atoms with van der Waals surface area (Å²) in [4.78, 5) is 0. The van der Waals surface area contributed by atoms with Crippen LogP contribution >= 0.6 is 15.9 Å². The van der Waals surface area contributed by atoms with Crippen LogP contribution in [0.4, 0.5) is 0 Å². The molecule has 1 rings (SSSR count). The quantitative estimate of drug-likeness (QED) is 0.901. The van der Waals surface area contributed by atoms with Gasteiger partial charge >= 0.3 is 0 Å². The summed E-state index contributed by atoms with van der Waals surface area (Å²) in [6.07, 6.45) is 0.664. The largest absolute Gasteiger partial charge is 0.389 e. The predicted molar refractivity (Wildman–Crippen MR) is 58.7 cm³/mol. The Morgan fingerprint density at radius 3 is 2.50 bits per heavy atom. The van der Waals surface area contributed by atoms with Crippen molar-refractivity contribution in [3.8, 4) is 6.07 Å². The average molecular weight is 254 g/mol. The van der Waals surface area contributed by atoms with Gasteiger partial charge in [-0.05, 0) is 24.6 Å². The summed E-state index contributed by atoms with van der Waals surface area (Å²) in [5.41, 5.74) is 0.108. The van der Waals surface area contributed by atoms with E-state index in [0.717, 1.165) is 10.0 Å². The van der Waals surface area contributed by atoms with E-state index in [1.807, 2.05) is 30.3 Å². The zero-order chi connectivity index (χ0) is 10.6. The summed E-state index contributed by atoms with van der Waals surface area (Å²) in [5, 5.41) is 18.3. The normalized spacial score (nSPS) is 14.4. The van der Waals surface area contributed by atoms with Crippen LogP contribution < -0.4 is 0 Å². The molecular weight excluding hydrogens is 242 g/mol. The zero-order valence-corrected chi connectivity index (χ0v) is 9.58. The van der Waals surface area contributed by atoms with E-state index in [1.165, 1.54) is 0 Å². The molecule has 0 aromatic heterocycles. The highest BCUT2D eigenvalue weighted by molar-refractivity contribution is 9.10. The Balaban J connectivity index is 2.69. The number of hydrogen-bond acceptors (Lipinski definition) is 2. The fourth-order valence-electron chi connectivity index (χ4n) is 1.27. The lowest BCUT2D eigenvalue weighted by Gasteiger charge is -2.19. The van der Waals surface area contributed by atoms with Crippen LogP contribution in [-0.2, 0) is 6.42 Å². The van der Waals surface area contributed by atoms with Crippen molar-refractivity contribution in [1.29, 1.82) is 5.26 Å². The van der Waals surface area contributed by atoms with E-state index >= 15 is 0 Å². The maximum atomic E-state index is 9.80. The molecule has 0 spiro atoms. The van der Waals surface area contributed by atoms with Crippen molar-refractivity contribution in [2.45, 2.75) is 25.4 Å². The molecule has 0 bridgehead atoms. The lowest BCUT2D eigenvalue weighted by molar-refractivity contribution is 0.0654. The van der Waals surface area contributed by atoms with Gasteiger partial charge < -0.3 is 5.11 Å². The Kier molecular flexibility index (Phi) is 3.68. The van der Waals surface area contributed by atoms with E-state index in [9.17, 15) is 5.11 Å². The third-order valence-corrected chi connectivity index (χ3v) is 2.49. The molecule has 0 aliphatic carbocycles. The van der Waals surface area contributed by atoms with Crippen LogP contribution in [0.3, 0.4) is 0 Å². The van der Waals surface area contributed by atoms with E-state index in [4.69, 9.17) is 5.26 Å². The molecule has 2 nitrogen and oxygen atoms in total. The minimum atomic E-state index is -0.928. The van der Waals surface area contributed by atoms with Gasteiger partial charge in [-0.25, -0.2) is 0 Å². The molecule has 0 radical (unpaired) electrons. The summed E-state index contributed by atoms with van der Waals surface area (Å²) in [7, 11) is 0. The molecule has 0 saturated heterocycles. The van der Waals surface area contributed by atoms with Gasteiger partial charge in [0.25, 0.3) is 0 Å². The summed E-state index contributed by atoms with van der Waals surface area (Å²) in [5.74, 6) is 0. The van der Waals surface area contributed by atoms with Gasteiger partial charge in [0.2, 0.25) is 0 Å². The number of halogens is 1. The highest BCUT2D eigenvalue weighted by Crippen LogP contribution is 2.18. The monoisotopic (exact) mass is 253 g/mol. The van der Waals surface area contributed by atoms with E-state index < -0.39 is 5.60 Å². The van der Waals surface area contributed by atoms with Crippen LogP contribution in [0.25, 0.3) is 0 Å². The molecule has 0 saturated carbocycles. The Labute approximate surface area is 92.3 Å². The molecule has 14 heavy (non-hydrogen) atoms. The Bertz CT molecular complexity index is 337. The smallest absolute Gasteiger partial charge is 0.0789 e. The lowest BCUT2D eigenvalue weighted by atomic mass is 9.94. The molecule has 1 atom stereocenters. The summed E-state index contributed by atoms with van der Waals surface area (Å²) in [6.45, 7) is 1.68. The maximum absolute atomic E-state index is 9.80. The second-order valence-electron chi connectivity index (χ2n) is 3.64. The minimum absolute atomic E-state index is 0.156. The summed E-state index contributed by atoms with van der Waals surface area (Å²) in [6, 6.07) is 9.72. The SMILES string of the molecule is CC(O)(CC#N)Cc1ccc(Br)cc1. The zero-order valence-electron chi connectivity index (χ0n) is 8.00. The van der Waals surface area contributed by atoms with Crippen LogP contribution in [0.15, 0.2) is 28.7 Å². The van der Waals surface area contributed by atoms with Crippen molar-refractivity contribution in [1.82, 2.24) is 0 Å². The Morgan fingerprint density at radius 2 is 2.00 bits per heavy atom. The summed E-state index contributed by atoms with van der Waals surface area (Å²) < 4.78 is 1.01. The molecule has 74 valence electrons. The van der Waals surface area contributed by atoms with Crippen molar-refractivity contribution < 1.29 is 5.11 Å². The summed E-state index contributed by atoms with van der Waals surface area (Å²) >= 11 is 3.34.